The van der Waals surface area contributed by atoms with E-state index < -0.39 is 10.8 Å². The number of nitrogens with zero attached hydrogens (tertiary/aromatic N) is 1. The van der Waals surface area contributed by atoms with Gasteiger partial charge in [-0.15, -0.1) is 0 Å². The fourth-order valence-electron chi connectivity index (χ4n) is 2.61. The third kappa shape index (κ3) is 2.49. The van der Waals surface area contributed by atoms with E-state index in [9.17, 15) is 14.9 Å². The van der Waals surface area contributed by atoms with Crippen LogP contribution in [0.15, 0.2) is 12.1 Å². The molecule has 2 rings (SSSR count). The molecule has 1 N–H and O–H groups in total. The molecule has 0 bridgehead atoms. The van der Waals surface area contributed by atoms with Gasteiger partial charge in [-0.3, -0.25) is 14.9 Å². The molecule has 1 aliphatic carbocycles. The Hall–Kier alpha value is -1.33. The van der Waals surface area contributed by atoms with Gasteiger partial charge in [-0.25, -0.2) is 0 Å². The molecule has 1 aliphatic rings. The SMILES string of the molecule is CC1(C)C(NC(=O)c2cc([N+](=O)[O-])cc(Cl)c2Cl)C1(C)C. The van der Waals surface area contributed by atoms with Crippen LogP contribution in [-0.2, 0) is 0 Å². The van der Waals surface area contributed by atoms with Crippen LogP contribution in [0.3, 0.4) is 0 Å². The predicted molar refractivity (Wildman–Crippen MR) is 81.9 cm³/mol. The van der Waals surface area contributed by atoms with E-state index in [0.29, 0.717) is 0 Å². The van der Waals surface area contributed by atoms with Crippen LogP contribution >= 0.6 is 23.2 Å². The number of hydrogen-bond acceptors (Lipinski definition) is 3. The topological polar surface area (TPSA) is 72.2 Å². The van der Waals surface area contributed by atoms with Crippen LogP contribution in [-0.4, -0.2) is 16.9 Å². The molecule has 0 spiro atoms. The summed E-state index contributed by atoms with van der Waals surface area (Å²) < 4.78 is 0. The molecule has 5 nitrogen and oxygen atoms in total. The number of carbonyl (C=O) groups is 1. The van der Waals surface area contributed by atoms with Crippen molar-refractivity contribution in [3.63, 3.8) is 0 Å². The summed E-state index contributed by atoms with van der Waals surface area (Å²) in [7, 11) is 0. The molecule has 1 amide bonds. The number of nitro groups is 1. The van der Waals surface area contributed by atoms with Gasteiger partial charge in [0.05, 0.1) is 20.5 Å². The first-order valence-electron chi connectivity index (χ1n) is 6.44. The van der Waals surface area contributed by atoms with Crippen molar-refractivity contribution in [3.05, 3.63) is 37.9 Å². The highest BCUT2D eigenvalue weighted by atomic mass is 35.5. The summed E-state index contributed by atoms with van der Waals surface area (Å²) in [5, 5.41) is 13.7. The van der Waals surface area contributed by atoms with Gasteiger partial charge in [0.25, 0.3) is 11.6 Å². The van der Waals surface area contributed by atoms with Crippen molar-refractivity contribution >= 4 is 34.8 Å². The summed E-state index contributed by atoms with van der Waals surface area (Å²) in [5.41, 5.74) is -0.322. The summed E-state index contributed by atoms with van der Waals surface area (Å²) in [6, 6.07) is 2.25. The van der Waals surface area contributed by atoms with Crippen LogP contribution in [0.5, 0.6) is 0 Å². The number of rotatable bonds is 3. The molecule has 0 unspecified atom stereocenters. The molecule has 0 radical (unpaired) electrons. The number of halogens is 2. The lowest BCUT2D eigenvalue weighted by atomic mass is 10.0. The zero-order valence-corrected chi connectivity index (χ0v) is 13.7. The van der Waals surface area contributed by atoms with Gasteiger partial charge in [-0.05, 0) is 10.8 Å². The smallest absolute Gasteiger partial charge is 0.271 e. The molecule has 0 saturated heterocycles. The molecule has 7 heteroatoms. The zero-order valence-electron chi connectivity index (χ0n) is 12.2. The van der Waals surface area contributed by atoms with E-state index in [1.54, 1.807) is 0 Å². The third-order valence-corrected chi connectivity index (χ3v) is 5.57. The van der Waals surface area contributed by atoms with Crippen molar-refractivity contribution in [1.82, 2.24) is 5.32 Å². The average molecular weight is 331 g/mol. The maximum absolute atomic E-state index is 12.3. The Bertz CT molecular complexity index is 627. The first-order chi connectivity index (χ1) is 9.50. The van der Waals surface area contributed by atoms with Crippen molar-refractivity contribution in [3.8, 4) is 0 Å². The molecule has 114 valence electrons. The summed E-state index contributed by atoms with van der Waals surface area (Å²) in [6.07, 6.45) is 0. The first kappa shape index (κ1) is 16.0. The van der Waals surface area contributed by atoms with Gasteiger partial charge in [0.2, 0.25) is 0 Å². The first-order valence-corrected chi connectivity index (χ1v) is 7.20. The minimum Gasteiger partial charge on any atom is -0.348 e. The molecular formula is C14H16Cl2N2O3. The number of nitro benzene ring substituents is 1. The van der Waals surface area contributed by atoms with Crippen molar-refractivity contribution in [2.24, 2.45) is 10.8 Å². The van der Waals surface area contributed by atoms with Gasteiger partial charge in [0.1, 0.15) is 0 Å². The molecule has 21 heavy (non-hydrogen) atoms. The second kappa shape index (κ2) is 4.85. The Morgan fingerprint density at radius 3 is 2.19 bits per heavy atom. The maximum Gasteiger partial charge on any atom is 0.271 e. The molecule has 1 aromatic carbocycles. The number of nitrogens with one attached hydrogen (secondary N) is 1. The van der Waals surface area contributed by atoms with E-state index in [2.05, 4.69) is 33.0 Å². The van der Waals surface area contributed by atoms with E-state index >= 15 is 0 Å². The lowest BCUT2D eigenvalue weighted by molar-refractivity contribution is -0.384. The highest BCUT2D eigenvalue weighted by Gasteiger charge is 2.65. The molecule has 1 aromatic rings. The van der Waals surface area contributed by atoms with Crippen molar-refractivity contribution in [2.45, 2.75) is 33.7 Å². The lowest BCUT2D eigenvalue weighted by Crippen LogP contribution is -2.30. The van der Waals surface area contributed by atoms with Crippen molar-refractivity contribution < 1.29 is 9.72 Å². The third-order valence-electron chi connectivity index (χ3n) is 4.76. The quantitative estimate of drug-likeness (QED) is 0.670. The Morgan fingerprint density at radius 1 is 1.24 bits per heavy atom. The van der Waals surface area contributed by atoms with Crippen molar-refractivity contribution in [2.75, 3.05) is 0 Å². The van der Waals surface area contributed by atoms with Crippen LogP contribution in [0.25, 0.3) is 0 Å². The monoisotopic (exact) mass is 330 g/mol. The molecule has 0 heterocycles. The van der Waals surface area contributed by atoms with Gasteiger partial charge < -0.3 is 5.32 Å². The van der Waals surface area contributed by atoms with Gasteiger partial charge in [0, 0.05) is 18.2 Å². The van der Waals surface area contributed by atoms with E-state index in [1.165, 1.54) is 0 Å². The zero-order chi connectivity index (χ0) is 16.2. The standard InChI is InChI=1S/C14H16Cl2N2O3/c1-13(2)12(14(13,3)4)17-11(19)8-5-7(18(20)21)6-9(15)10(8)16/h5-6,12H,1-4H3,(H,17,19). The van der Waals surface area contributed by atoms with Gasteiger partial charge in [-0.2, -0.15) is 0 Å². The Morgan fingerprint density at radius 2 is 1.76 bits per heavy atom. The predicted octanol–water partition coefficient (Wildman–Crippen LogP) is 4.07. The van der Waals surface area contributed by atoms with Crippen LogP contribution < -0.4 is 5.32 Å². The van der Waals surface area contributed by atoms with Crippen molar-refractivity contribution in [1.29, 1.82) is 0 Å². The normalized spacial score (nSPS) is 19.1. The van der Waals surface area contributed by atoms with Crippen LogP contribution in [0.4, 0.5) is 5.69 Å². The Balaban J connectivity index is 2.31. The Labute approximate surface area is 132 Å². The molecular weight excluding hydrogens is 315 g/mol. The maximum atomic E-state index is 12.3. The number of carbonyl (C=O) groups excluding carboxylic acids is 1. The lowest BCUT2D eigenvalue weighted by Gasteiger charge is -2.09. The fourth-order valence-corrected chi connectivity index (χ4v) is 3.02. The highest BCUT2D eigenvalue weighted by molar-refractivity contribution is 6.44. The number of non-ortho nitro benzene ring substituents is 1. The highest BCUT2D eigenvalue weighted by Crippen LogP contribution is 2.62. The molecule has 0 atom stereocenters. The number of benzene rings is 1. The van der Waals surface area contributed by atoms with E-state index in [4.69, 9.17) is 23.2 Å². The summed E-state index contributed by atoms with van der Waals surface area (Å²) in [6.45, 7) is 8.22. The summed E-state index contributed by atoms with van der Waals surface area (Å²) >= 11 is 11.9. The van der Waals surface area contributed by atoms with Crippen LogP contribution in [0.2, 0.25) is 10.0 Å². The Kier molecular flexibility index (Phi) is 3.71. The van der Waals surface area contributed by atoms with Crippen LogP contribution in [0.1, 0.15) is 38.1 Å². The minimum absolute atomic E-state index is 0.00895. The van der Waals surface area contributed by atoms with E-state index in [0.717, 1.165) is 12.1 Å². The van der Waals surface area contributed by atoms with Gasteiger partial charge in [0.15, 0.2) is 0 Å². The number of hydrogen-bond donors (Lipinski definition) is 1. The molecule has 0 aromatic heterocycles. The van der Waals surface area contributed by atoms with E-state index in [-0.39, 0.29) is 38.2 Å². The second-order valence-electron chi connectivity index (χ2n) is 6.40. The van der Waals surface area contributed by atoms with Gasteiger partial charge >= 0.3 is 0 Å². The molecule has 1 fully saturated rings. The number of amides is 1. The van der Waals surface area contributed by atoms with Gasteiger partial charge in [-0.1, -0.05) is 50.9 Å². The van der Waals surface area contributed by atoms with Crippen LogP contribution in [0, 0.1) is 20.9 Å². The minimum atomic E-state index is -0.607. The average Bonchev–Trinajstić information content (AvgIpc) is 2.74. The summed E-state index contributed by atoms with van der Waals surface area (Å²) in [5.74, 6) is -0.450. The molecule has 0 aliphatic heterocycles. The van der Waals surface area contributed by atoms with E-state index in [1.807, 2.05) is 0 Å². The summed E-state index contributed by atoms with van der Waals surface area (Å²) in [4.78, 5) is 22.6. The largest absolute Gasteiger partial charge is 0.348 e. The fraction of sp³-hybridized carbons (Fsp3) is 0.500. The molecule has 1 saturated carbocycles. The second-order valence-corrected chi connectivity index (χ2v) is 7.18.